The number of hydrogen-bond acceptors (Lipinski definition) is 3. The van der Waals surface area contributed by atoms with E-state index in [1.807, 2.05) is 0 Å². The maximum Gasteiger partial charge on any atom is 0.347 e. The molecule has 16 heavy (non-hydrogen) atoms. The fourth-order valence-electron chi connectivity index (χ4n) is 1.19. The minimum absolute atomic E-state index is 0.189. The molecule has 0 aromatic heterocycles. The highest BCUT2D eigenvalue weighted by atomic mass is 16.4. The molecule has 0 amide bonds. The first kappa shape index (κ1) is 11.5. The largest absolute Gasteiger partial charge is 0.478 e. The quantitative estimate of drug-likeness (QED) is 0.584. The number of carbonyl (C=O) groups is 2. The molecule has 1 rings (SSSR count). The van der Waals surface area contributed by atoms with Crippen molar-refractivity contribution in [3.05, 3.63) is 41.5 Å². The number of nitrogens with zero attached hydrogens (tertiary/aromatic N) is 1. The summed E-state index contributed by atoms with van der Waals surface area (Å²) < 4.78 is 0. The van der Waals surface area contributed by atoms with E-state index < -0.39 is 23.1 Å². The summed E-state index contributed by atoms with van der Waals surface area (Å²) in [5.74, 6) is -2.99. The maximum absolute atomic E-state index is 10.9. The lowest BCUT2D eigenvalue weighted by Crippen LogP contribution is -2.09. The average molecular weight is 217 g/mol. The van der Waals surface area contributed by atoms with Crippen molar-refractivity contribution in [2.24, 2.45) is 0 Å². The summed E-state index contributed by atoms with van der Waals surface area (Å²) in [5.41, 5.74) is -1.09. The molecular formula is C11H7NO4. The van der Waals surface area contributed by atoms with Gasteiger partial charge in [0.25, 0.3) is 0 Å². The van der Waals surface area contributed by atoms with Crippen LogP contribution in [0.25, 0.3) is 5.57 Å². The van der Waals surface area contributed by atoms with E-state index >= 15 is 0 Å². The Labute approximate surface area is 90.9 Å². The van der Waals surface area contributed by atoms with Crippen molar-refractivity contribution in [3.8, 4) is 6.07 Å². The number of rotatable bonds is 3. The zero-order valence-electron chi connectivity index (χ0n) is 8.04. The van der Waals surface area contributed by atoms with Crippen molar-refractivity contribution in [2.75, 3.05) is 0 Å². The number of aliphatic carboxylic acids is 2. The molecule has 0 aliphatic heterocycles. The third kappa shape index (κ3) is 2.25. The first-order valence-corrected chi connectivity index (χ1v) is 4.24. The molecule has 0 unspecified atom stereocenters. The molecule has 1 aromatic carbocycles. The van der Waals surface area contributed by atoms with Crippen LogP contribution in [-0.4, -0.2) is 22.2 Å². The average Bonchev–Trinajstić information content (AvgIpc) is 2.25. The van der Waals surface area contributed by atoms with Crippen LogP contribution >= 0.6 is 0 Å². The van der Waals surface area contributed by atoms with Gasteiger partial charge in [-0.1, -0.05) is 30.3 Å². The van der Waals surface area contributed by atoms with Gasteiger partial charge in [0.2, 0.25) is 0 Å². The highest BCUT2D eigenvalue weighted by molar-refractivity contribution is 6.23. The highest BCUT2D eigenvalue weighted by Crippen LogP contribution is 2.18. The summed E-state index contributed by atoms with van der Waals surface area (Å²) in [4.78, 5) is 21.6. The van der Waals surface area contributed by atoms with Crippen molar-refractivity contribution >= 4 is 17.5 Å². The first-order chi connectivity index (χ1) is 7.57. The zero-order valence-corrected chi connectivity index (χ0v) is 8.04. The number of hydrogen-bond donors (Lipinski definition) is 2. The summed E-state index contributed by atoms with van der Waals surface area (Å²) in [6, 6.07) is 9.04. The number of benzene rings is 1. The van der Waals surface area contributed by atoms with Crippen LogP contribution in [0.1, 0.15) is 5.56 Å². The summed E-state index contributed by atoms with van der Waals surface area (Å²) in [6.07, 6.45) is 0. The lowest BCUT2D eigenvalue weighted by atomic mass is 10.0. The summed E-state index contributed by atoms with van der Waals surface area (Å²) in [7, 11) is 0. The fourth-order valence-corrected chi connectivity index (χ4v) is 1.19. The van der Waals surface area contributed by atoms with E-state index in [4.69, 9.17) is 15.5 Å². The van der Waals surface area contributed by atoms with Gasteiger partial charge in [-0.2, -0.15) is 5.26 Å². The summed E-state index contributed by atoms with van der Waals surface area (Å²) in [6.45, 7) is 0. The van der Waals surface area contributed by atoms with Gasteiger partial charge in [-0.15, -0.1) is 0 Å². The van der Waals surface area contributed by atoms with E-state index in [0.717, 1.165) is 0 Å². The molecule has 0 saturated heterocycles. The number of carboxylic acids is 2. The van der Waals surface area contributed by atoms with Crippen molar-refractivity contribution in [3.63, 3.8) is 0 Å². The Morgan fingerprint density at radius 1 is 1.06 bits per heavy atom. The summed E-state index contributed by atoms with van der Waals surface area (Å²) >= 11 is 0. The highest BCUT2D eigenvalue weighted by Gasteiger charge is 2.21. The Kier molecular flexibility index (Phi) is 3.41. The zero-order chi connectivity index (χ0) is 12.1. The Morgan fingerprint density at radius 2 is 1.62 bits per heavy atom. The Morgan fingerprint density at radius 3 is 2.00 bits per heavy atom. The molecule has 5 nitrogen and oxygen atoms in total. The Hall–Kier alpha value is -2.61. The van der Waals surface area contributed by atoms with Crippen LogP contribution in [0, 0.1) is 11.3 Å². The molecule has 1 aromatic rings. The normalized spacial score (nSPS) is 11.2. The second-order valence-corrected chi connectivity index (χ2v) is 2.84. The van der Waals surface area contributed by atoms with Gasteiger partial charge in [0, 0.05) is 0 Å². The molecule has 5 heteroatoms. The van der Waals surface area contributed by atoms with E-state index in [9.17, 15) is 9.59 Å². The summed E-state index contributed by atoms with van der Waals surface area (Å²) in [5, 5.41) is 26.2. The topological polar surface area (TPSA) is 98.4 Å². The van der Waals surface area contributed by atoms with Crippen LogP contribution in [0.2, 0.25) is 0 Å². The smallest absolute Gasteiger partial charge is 0.347 e. The molecule has 0 radical (unpaired) electrons. The molecule has 0 heterocycles. The fraction of sp³-hybridized carbons (Fsp3) is 0. The lowest BCUT2D eigenvalue weighted by Gasteiger charge is -2.02. The minimum Gasteiger partial charge on any atom is -0.478 e. The van der Waals surface area contributed by atoms with Crippen molar-refractivity contribution in [1.82, 2.24) is 0 Å². The van der Waals surface area contributed by atoms with E-state index in [-0.39, 0.29) is 5.56 Å². The Balaban J connectivity index is 3.48. The molecule has 0 aliphatic carbocycles. The van der Waals surface area contributed by atoms with Gasteiger partial charge in [0.05, 0.1) is 5.57 Å². The maximum atomic E-state index is 10.9. The third-order valence-corrected chi connectivity index (χ3v) is 1.85. The molecule has 0 atom stereocenters. The monoisotopic (exact) mass is 217 g/mol. The molecule has 0 spiro atoms. The van der Waals surface area contributed by atoms with E-state index in [2.05, 4.69) is 0 Å². The standard InChI is InChI=1S/C11H7NO4/c12-6-8(10(13)14)9(11(15)16)7-4-2-1-3-5-7/h1-5H,(H,13,14)(H,15,16). The molecule has 80 valence electrons. The molecule has 0 bridgehead atoms. The second kappa shape index (κ2) is 4.75. The number of nitriles is 1. The Bertz CT molecular complexity index is 496. The van der Waals surface area contributed by atoms with Gasteiger partial charge in [-0.25, -0.2) is 9.59 Å². The van der Waals surface area contributed by atoms with Gasteiger partial charge in [-0.3, -0.25) is 0 Å². The molecule has 2 N–H and O–H groups in total. The van der Waals surface area contributed by atoms with E-state index in [1.54, 1.807) is 18.2 Å². The minimum atomic E-state index is -1.55. The number of carboxylic acid groups (broad SMARTS) is 2. The van der Waals surface area contributed by atoms with Gasteiger partial charge in [0.1, 0.15) is 6.07 Å². The molecule has 0 aliphatic rings. The van der Waals surface area contributed by atoms with Crippen molar-refractivity contribution in [1.29, 1.82) is 5.26 Å². The van der Waals surface area contributed by atoms with Crippen LogP contribution < -0.4 is 0 Å². The van der Waals surface area contributed by atoms with Gasteiger partial charge >= 0.3 is 11.9 Å². The van der Waals surface area contributed by atoms with Crippen LogP contribution in [0.4, 0.5) is 0 Å². The predicted octanol–water partition coefficient (Wildman–Crippen LogP) is 1.13. The third-order valence-electron chi connectivity index (χ3n) is 1.85. The van der Waals surface area contributed by atoms with Gasteiger partial charge < -0.3 is 10.2 Å². The first-order valence-electron chi connectivity index (χ1n) is 4.24. The van der Waals surface area contributed by atoms with E-state index in [0.29, 0.717) is 0 Å². The van der Waals surface area contributed by atoms with Gasteiger partial charge in [-0.05, 0) is 5.56 Å². The SMILES string of the molecule is N#CC(C(=O)O)=C(C(=O)O)c1ccccc1. The van der Waals surface area contributed by atoms with Crippen molar-refractivity contribution < 1.29 is 19.8 Å². The predicted molar refractivity (Wildman–Crippen MR) is 54.2 cm³/mol. The molecular weight excluding hydrogens is 210 g/mol. The van der Waals surface area contributed by atoms with Crippen LogP contribution in [-0.2, 0) is 9.59 Å². The molecule has 0 fully saturated rings. The van der Waals surface area contributed by atoms with Crippen LogP contribution in [0.15, 0.2) is 35.9 Å². The lowest BCUT2D eigenvalue weighted by molar-refractivity contribution is -0.134. The van der Waals surface area contributed by atoms with Crippen molar-refractivity contribution in [2.45, 2.75) is 0 Å². The van der Waals surface area contributed by atoms with Crippen LogP contribution in [0.3, 0.4) is 0 Å². The second-order valence-electron chi connectivity index (χ2n) is 2.84. The van der Waals surface area contributed by atoms with Crippen LogP contribution in [0.5, 0.6) is 0 Å². The molecule has 0 saturated carbocycles. The van der Waals surface area contributed by atoms with E-state index in [1.165, 1.54) is 18.2 Å². The van der Waals surface area contributed by atoms with Gasteiger partial charge in [0.15, 0.2) is 5.57 Å².